The van der Waals surface area contributed by atoms with Crippen LogP contribution in [0.4, 0.5) is 8.78 Å². The van der Waals surface area contributed by atoms with Crippen molar-refractivity contribution >= 4 is 15.9 Å². The zero-order valence-corrected chi connectivity index (χ0v) is 11.2. The quantitative estimate of drug-likeness (QED) is 0.902. The molecule has 0 fully saturated rings. The lowest BCUT2D eigenvalue weighted by atomic mass is 9.97. The molecule has 19 heavy (non-hydrogen) atoms. The summed E-state index contributed by atoms with van der Waals surface area (Å²) in [6.07, 6.45) is 2.00. The number of carbonyl (C=O) groups is 1. The average molecular weight is 294 g/mol. The highest BCUT2D eigenvalue weighted by Crippen LogP contribution is 2.21. The van der Waals surface area contributed by atoms with Gasteiger partial charge in [0, 0.05) is 7.62 Å². The number of aromatic nitrogens is 1. The number of rotatable bonds is 5. The molecule has 0 saturated heterocycles. The summed E-state index contributed by atoms with van der Waals surface area (Å²) >= 11 is 0. The second-order valence-corrected chi connectivity index (χ2v) is 5.64. The minimum Gasteiger partial charge on any atom is -0.266 e. The first-order chi connectivity index (χ1) is 8.79. The van der Waals surface area contributed by atoms with E-state index in [1.165, 1.54) is 10.9 Å². The van der Waals surface area contributed by atoms with E-state index < -0.39 is 21.7 Å². The van der Waals surface area contributed by atoms with Gasteiger partial charge in [-0.15, -0.1) is 0 Å². The Morgan fingerprint density at radius 1 is 1.53 bits per heavy atom. The number of nitrogens with one attached hydrogen (secondary N) is 1. The Bertz CT molecular complexity index is 567. The lowest BCUT2D eigenvalue weighted by Crippen LogP contribution is -2.35. The van der Waals surface area contributed by atoms with E-state index >= 15 is 0 Å². The predicted octanol–water partition coefficient (Wildman–Crippen LogP) is 2.12. The van der Waals surface area contributed by atoms with Crippen molar-refractivity contribution in [3.8, 4) is 0 Å². The van der Waals surface area contributed by atoms with Gasteiger partial charge < -0.3 is 0 Å². The Morgan fingerprint density at radius 3 is 2.68 bits per heavy atom. The van der Waals surface area contributed by atoms with Crippen LogP contribution < -0.4 is 4.72 Å². The zero-order chi connectivity index (χ0) is 14.6. The molecule has 0 bridgehead atoms. The van der Waals surface area contributed by atoms with E-state index in [9.17, 15) is 22.0 Å². The summed E-state index contributed by atoms with van der Waals surface area (Å²) in [7, 11) is -4.97. The maximum Gasteiger partial charge on any atom is 0.355 e. The Balaban J connectivity index is 0.00000361. The van der Waals surface area contributed by atoms with Gasteiger partial charge in [0.1, 0.15) is 5.69 Å². The van der Waals surface area contributed by atoms with E-state index in [1.54, 1.807) is 12.1 Å². The summed E-state index contributed by atoms with van der Waals surface area (Å²) in [5.74, 6) is -4.84. The summed E-state index contributed by atoms with van der Waals surface area (Å²) in [4.78, 5) is 15.5. The van der Waals surface area contributed by atoms with Crippen LogP contribution >= 0.6 is 0 Å². The lowest BCUT2D eigenvalue weighted by molar-refractivity contribution is 0.0970. The molecule has 0 radical (unpaired) electrons. The van der Waals surface area contributed by atoms with Crippen LogP contribution in [-0.4, -0.2) is 25.1 Å². The first-order valence-corrected chi connectivity index (χ1v) is 7.13. The van der Waals surface area contributed by atoms with Gasteiger partial charge in [-0.05, 0) is 24.0 Å². The smallest absolute Gasteiger partial charge is 0.266 e. The molecule has 8 heteroatoms. The number of alkyl halides is 2. The maximum absolute atomic E-state index is 12.2. The van der Waals surface area contributed by atoms with Crippen molar-refractivity contribution in [2.75, 3.05) is 0 Å². The average Bonchev–Trinajstić information content (AvgIpc) is 2.37. The molecule has 0 spiro atoms. The maximum atomic E-state index is 12.2. The number of pyridine rings is 1. The molecule has 1 amide bonds. The third-order valence-electron chi connectivity index (χ3n) is 2.67. The Hall–Kier alpha value is -1.57. The van der Waals surface area contributed by atoms with Gasteiger partial charge in [0.05, 0.1) is 0 Å². The Morgan fingerprint density at radius 2 is 2.16 bits per heavy atom. The molecule has 0 saturated carbocycles. The molecular formula is C11H16F2N2O3S. The monoisotopic (exact) mass is 294 g/mol. The molecule has 1 aromatic rings. The Labute approximate surface area is 111 Å². The first-order valence-electron chi connectivity index (χ1n) is 5.58. The summed E-state index contributed by atoms with van der Waals surface area (Å²) in [5, 5.41) is 0. The predicted molar refractivity (Wildman–Crippen MR) is 67.4 cm³/mol. The topological polar surface area (TPSA) is 76.1 Å². The number of carbonyl (C=O) groups excluding carboxylic acids is 1. The summed E-state index contributed by atoms with van der Waals surface area (Å²) in [6, 6.07) is 3.21. The van der Waals surface area contributed by atoms with Gasteiger partial charge in [-0.2, -0.15) is 8.78 Å². The molecule has 1 rings (SSSR count). The van der Waals surface area contributed by atoms with Crippen LogP contribution in [0.1, 0.15) is 43.7 Å². The van der Waals surface area contributed by atoms with Crippen LogP contribution in [0.5, 0.6) is 0 Å². The van der Waals surface area contributed by atoms with Crippen molar-refractivity contribution in [2.24, 2.45) is 0 Å². The van der Waals surface area contributed by atoms with Gasteiger partial charge in [0.15, 0.2) is 0 Å². The molecule has 1 aromatic heterocycles. The van der Waals surface area contributed by atoms with Gasteiger partial charge >= 0.3 is 5.76 Å². The van der Waals surface area contributed by atoms with E-state index in [0.717, 1.165) is 0 Å². The van der Waals surface area contributed by atoms with Gasteiger partial charge in [-0.3, -0.25) is 9.78 Å². The molecule has 0 aliphatic carbocycles. The van der Waals surface area contributed by atoms with Crippen molar-refractivity contribution in [3.05, 3.63) is 29.6 Å². The fourth-order valence-electron chi connectivity index (χ4n) is 1.45. The highest BCUT2D eigenvalue weighted by atomic mass is 32.2. The van der Waals surface area contributed by atoms with E-state index in [0.29, 0.717) is 12.0 Å². The van der Waals surface area contributed by atoms with Crippen molar-refractivity contribution < 1.29 is 23.4 Å². The van der Waals surface area contributed by atoms with Crippen molar-refractivity contribution in [2.45, 2.75) is 31.9 Å². The van der Waals surface area contributed by atoms with E-state index in [2.05, 4.69) is 4.98 Å². The number of sulfonamides is 1. The second kappa shape index (κ2) is 6.05. The van der Waals surface area contributed by atoms with E-state index in [4.69, 9.17) is 0 Å². The molecule has 1 unspecified atom stereocenters. The lowest BCUT2D eigenvalue weighted by Gasteiger charge is -2.13. The normalized spacial score (nSPS) is 13.3. The van der Waals surface area contributed by atoms with Crippen LogP contribution in [-0.2, 0) is 10.0 Å². The summed E-state index contributed by atoms with van der Waals surface area (Å²) in [5.41, 5.74) is 0.369. The summed E-state index contributed by atoms with van der Waals surface area (Å²) in [6.45, 7) is 3.71. The van der Waals surface area contributed by atoms with E-state index in [1.807, 2.05) is 13.8 Å². The largest absolute Gasteiger partial charge is 0.355 e. The molecule has 5 nitrogen and oxygen atoms in total. The molecule has 0 aliphatic heterocycles. The molecule has 1 heterocycles. The molecule has 1 N–H and O–H groups in total. The third kappa shape index (κ3) is 3.69. The molecule has 0 aliphatic rings. The summed E-state index contributed by atoms with van der Waals surface area (Å²) < 4.78 is 47.6. The molecule has 1 atom stereocenters. The van der Waals surface area contributed by atoms with Crippen LogP contribution in [0, 0.1) is 0 Å². The highest BCUT2D eigenvalue weighted by Gasteiger charge is 2.28. The molecular weight excluding hydrogens is 278 g/mol. The Kier molecular flexibility index (Phi) is 4.93. The van der Waals surface area contributed by atoms with Crippen molar-refractivity contribution in [1.82, 2.24) is 9.71 Å². The number of amides is 1. The minimum atomic E-state index is -4.97. The minimum absolute atomic E-state index is 0. The van der Waals surface area contributed by atoms with Gasteiger partial charge in [0.2, 0.25) is 0 Å². The van der Waals surface area contributed by atoms with Gasteiger partial charge in [-0.1, -0.05) is 19.9 Å². The van der Waals surface area contributed by atoms with Gasteiger partial charge in [0.25, 0.3) is 15.9 Å². The standard InChI is InChI=1S/C11H14F2N2O3S.H2/c1-3-7(2)8-5-4-6-14-9(8)10(16)15-19(17,18)11(12)13;/h4-7,11H,3H2,1-2H3,(H,15,16);1H. The highest BCUT2D eigenvalue weighted by molar-refractivity contribution is 7.90. The number of hydrogen-bond acceptors (Lipinski definition) is 4. The number of halogens is 2. The molecule has 108 valence electrons. The SMILES string of the molecule is CCC(C)c1cccnc1C(=O)NS(=O)(=O)C(F)F.[HH]. The second-order valence-electron chi connectivity index (χ2n) is 3.99. The molecule has 0 aromatic carbocycles. The van der Waals surface area contributed by atoms with Crippen LogP contribution in [0.25, 0.3) is 0 Å². The third-order valence-corrected chi connectivity index (χ3v) is 3.61. The fourth-order valence-corrected chi connectivity index (χ4v) is 1.89. The van der Waals surface area contributed by atoms with E-state index in [-0.39, 0.29) is 13.0 Å². The van der Waals surface area contributed by atoms with Crippen LogP contribution in [0.3, 0.4) is 0 Å². The van der Waals surface area contributed by atoms with Gasteiger partial charge in [-0.25, -0.2) is 13.1 Å². The zero-order valence-electron chi connectivity index (χ0n) is 10.4. The van der Waals surface area contributed by atoms with Crippen LogP contribution in [0.2, 0.25) is 0 Å². The first kappa shape index (κ1) is 15.5. The number of nitrogens with zero attached hydrogens (tertiary/aromatic N) is 1. The van der Waals surface area contributed by atoms with Crippen molar-refractivity contribution in [3.63, 3.8) is 0 Å². The number of hydrogen-bond donors (Lipinski definition) is 1. The fraction of sp³-hybridized carbons (Fsp3) is 0.455. The van der Waals surface area contributed by atoms with Crippen LogP contribution in [0.15, 0.2) is 18.3 Å². The van der Waals surface area contributed by atoms with Crippen molar-refractivity contribution in [1.29, 1.82) is 0 Å².